The van der Waals surface area contributed by atoms with Gasteiger partial charge in [-0.05, 0) is 41.0 Å². The predicted molar refractivity (Wildman–Crippen MR) is 87.6 cm³/mol. The van der Waals surface area contributed by atoms with Gasteiger partial charge in [-0.1, -0.05) is 18.6 Å². The van der Waals surface area contributed by atoms with E-state index in [1.807, 2.05) is 24.3 Å². The summed E-state index contributed by atoms with van der Waals surface area (Å²) in [5, 5.41) is 18.8. The number of rotatable bonds is 4. The van der Waals surface area contributed by atoms with Gasteiger partial charge in [0.25, 0.3) is 0 Å². The second-order valence-electron chi connectivity index (χ2n) is 6.03. The Labute approximate surface area is 144 Å². The molecule has 9 heteroatoms. The molecular weight excluding hydrogens is 320 g/mol. The summed E-state index contributed by atoms with van der Waals surface area (Å²) in [7, 11) is 0. The number of amides is 1. The molecule has 0 unspecified atom stereocenters. The zero-order valence-electron chi connectivity index (χ0n) is 13.6. The van der Waals surface area contributed by atoms with Crippen LogP contribution in [0.15, 0.2) is 36.9 Å². The van der Waals surface area contributed by atoms with E-state index >= 15 is 0 Å². The Morgan fingerprint density at radius 1 is 1.24 bits per heavy atom. The number of aromatic nitrogens is 7. The van der Waals surface area contributed by atoms with Crippen LogP contribution in [0, 0.1) is 0 Å². The number of nitrogens with one attached hydrogen (secondary N) is 1. The largest absolute Gasteiger partial charge is 0.351 e. The van der Waals surface area contributed by atoms with Crippen molar-refractivity contribution in [2.45, 2.75) is 38.3 Å². The summed E-state index contributed by atoms with van der Waals surface area (Å²) in [5.41, 5.74) is 1.95. The van der Waals surface area contributed by atoms with Crippen LogP contribution in [0.4, 0.5) is 0 Å². The van der Waals surface area contributed by atoms with E-state index in [2.05, 4.69) is 30.9 Å². The summed E-state index contributed by atoms with van der Waals surface area (Å²) >= 11 is 0. The molecule has 25 heavy (non-hydrogen) atoms. The van der Waals surface area contributed by atoms with Gasteiger partial charge in [0.2, 0.25) is 5.91 Å². The number of nitrogens with zero attached hydrogens (tertiary/aromatic N) is 7. The number of tetrazole rings is 1. The molecule has 2 aromatic heterocycles. The Bertz CT molecular complexity index is 839. The highest BCUT2D eigenvalue weighted by atomic mass is 16.1. The van der Waals surface area contributed by atoms with Crippen molar-refractivity contribution in [1.29, 1.82) is 0 Å². The molecule has 0 saturated carbocycles. The zero-order chi connectivity index (χ0) is 17.1. The molecule has 0 spiro atoms. The van der Waals surface area contributed by atoms with Gasteiger partial charge < -0.3 is 5.32 Å². The van der Waals surface area contributed by atoms with Crippen molar-refractivity contribution < 1.29 is 4.79 Å². The molecule has 0 fully saturated rings. The molecule has 0 radical (unpaired) electrons. The lowest BCUT2D eigenvalue weighted by atomic mass is 10.0. The fourth-order valence-electron chi connectivity index (χ4n) is 3.03. The maximum atomic E-state index is 12.6. The average Bonchev–Trinajstić information content (AvgIpc) is 3.29. The molecule has 3 heterocycles. The van der Waals surface area contributed by atoms with Crippen molar-refractivity contribution in [1.82, 2.24) is 40.3 Å². The minimum Gasteiger partial charge on any atom is -0.351 e. The van der Waals surface area contributed by atoms with E-state index in [4.69, 9.17) is 0 Å². The molecule has 1 amide bonds. The van der Waals surface area contributed by atoms with Gasteiger partial charge in [0, 0.05) is 13.1 Å². The first kappa shape index (κ1) is 15.4. The van der Waals surface area contributed by atoms with Crippen LogP contribution in [-0.4, -0.2) is 40.9 Å². The van der Waals surface area contributed by atoms with Crippen LogP contribution in [-0.2, 0) is 17.9 Å². The number of hydrogen-bond acceptors (Lipinski definition) is 6. The number of benzene rings is 1. The van der Waals surface area contributed by atoms with Crippen LogP contribution in [0.5, 0.6) is 0 Å². The molecular formula is C16H18N8O. The summed E-state index contributed by atoms with van der Waals surface area (Å²) in [6.07, 6.45) is 5.89. The van der Waals surface area contributed by atoms with Crippen LogP contribution in [0.3, 0.4) is 0 Å². The molecule has 1 aliphatic rings. The van der Waals surface area contributed by atoms with E-state index in [-0.39, 0.29) is 11.8 Å². The number of aryl methyl sites for hydroxylation is 1. The molecule has 1 atom stereocenters. The molecule has 1 aromatic carbocycles. The third kappa shape index (κ3) is 3.25. The van der Waals surface area contributed by atoms with Gasteiger partial charge in [-0.25, -0.2) is 14.3 Å². The zero-order valence-corrected chi connectivity index (χ0v) is 13.6. The van der Waals surface area contributed by atoms with Crippen molar-refractivity contribution in [2.75, 3.05) is 0 Å². The topological polar surface area (TPSA) is 103 Å². The quantitative estimate of drug-likeness (QED) is 0.756. The normalized spacial score (nSPS) is 16.9. The minimum atomic E-state index is -0.285. The van der Waals surface area contributed by atoms with Gasteiger partial charge in [0.1, 0.15) is 12.7 Å². The molecule has 128 valence electrons. The Morgan fingerprint density at radius 2 is 2.12 bits per heavy atom. The molecule has 0 saturated heterocycles. The smallest absolute Gasteiger partial charge is 0.231 e. The first-order chi connectivity index (χ1) is 12.3. The second kappa shape index (κ2) is 6.80. The van der Waals surface area contributed by atoms with E-state index in [1.54, 1.807) is 15.7 Å². The summed E-state index contributed by atoms with van der Waals surface area (Å²) in [4.78, 5) is 16.5. The van der Waals surface area contributed by atoms with Gasteiger partial charge in [0.05, 0.1) is 11.6 Å². The van der Waals surface area contributed by atoms with Gasteiger partial charge in [-0.2, -0.15) is 5.10 Å². The third-order valence-corrected chi connectivity index (χ3v) is 4.39. The third-order valence-electron chi connectivity index (χ3n) is 4.39. The van der Waals surface area contributed by atoms with Crippen molar-refractivity contribution in [3.8, 4) is 5.69 Å². The van der Waals surface area contributed by atoms with Crippen molar-refractivity contribution in [3.63, 3.8) is 0 Å². The Kier molecular flexibility index (Phi) is 4.19. The van der Waals surface area contributed by atoms with Crippen LogP contribution >= 0.6 is 0 Å². The molecule has 1 N–H and O–H groups in total. The Hall–Kier alpha value is -3.10. The van der Waals surface area contributed by atoms with E-state index in [1.165, 1.54) is 6.33 Å². The summed E-state index contributed by atoms with van der Waals surface area (Å²) < 4.78 is 3.43. The highest BCUT2D eigenvalue weighted by Gasteiger charge is 2.28. The lowest BCUT2D eigenvalue weighted by Gasteiger charge is -2.13. The highest BCUT2D eigenvalue weighted by Crippen LogP contribution is 2.24. The summed E-state index contributed by atoms with van der Waals surface area (Å²) in [6.45, 7) is 1.24. The molecule has 3 aromatic rings. The lowest BCUT2D eigenvalue weighted by Crippen LogP contribution is -2.30. The first-order valence-corrected chi connectivity index (χ1v) is 8.29. The van der Waals surface area contributed by atoms with Crippen LogP contribution in [0.25, 0.3) is 5.69 Å². The van der Waals surface area contributed by atoms with Gasteiger partial charge in [-0.15, -0.1) is 5.10 Å². The van der Waals surface area contributed by atoms with Crippen LogP contribution in [0.2, 0.25) is 0 Å². The number of carbonyl (C=O) groups excluding carboxylic acids is 1. The highest BCUT2D eigenvalue weighted by molar-refractivity contribution is 5.82. The minimum absolute atomic E-state index is 0.0293. The van der Waals surface area contributed by atoms with Gasteiger partial charge in [-0.3, -0.25) is 4.79 Å². The number of hydrogen-bond donors (Lipinski definition) is 1. The van der Waals surface area contributed by atoms with Crippen LogP contribution < -0.4 is 5.32 Å². The standard InChI is InChI=1S/C16H18N8O/c25-16(14-3-1-2-8-23-15(14)20-21-22-23)18-9-12-4-6-13(7-5-12)24-11-17-10-19-24/h4-7,10-11,14H,1-3,8-9H2,(H,18,25)/t14-/m0/s1. The van der Waals surface area contributed by atoms with Crippen molar-refractivity contribution in [2.24, 2.45) is 0 Å². The van der Waals surface area contributed by atoms with Crippen molar-refractivity contribution in [3.05, 3.63) is 48.3 Å². The van der Waals surface area contributed by atoms with Crippen molar-refractivity contribution >= 4 is 5.91 Å². The molecule has 0 aliphatic carbocycles. The predicted octanol–water partition coefficient (Wildman–Crippen LogP) is 0.838. The maximum absolute atomic E-state index is 12.6. The Morgan fingerprint density at radius 3 is 2.92 bits per heavy atom. The molecule has 4 rings (SSSR count). The van der Waals surface area contributed by atoms with E-state index < -0.39 is 0 Å². The monoisotopic (exact) mass is 338 g/mol. The first-order valence-electron chi connectivity index (χ1n) is 8.29. The van der Waals surface area contributed by atoms with Gasteiger partial charge in [0.15, 0.2) is 5.82 Å². The fraction of sp³-hybridized carbons (Fsp3) is 0.375. The van der Waals surface area contributed by atoms with Gasteiger partial charge >= 0.3 is 0 Å². The van der Waals surface area contributed by atoms with E-state index in [0.29, 0.717) is 12.4 Å². The average molecular weight is 338 g/mol. The second-order valence-corrected chi connectivity index (χ2v) is 6.03. The maximum Gasteiger partial charge on any atom is 0.231 e. The lowest BCUT2D eigenvalue weighted by molar-refractivity contribution is -0.123. The van der Waals surface area contributed by atoms with Crippen LogP contribution in [0.1, 0.15) is 36.6 Å². The number of carbonyl (C=O) groups is 1. The van der Waals surface area contributed by atoms with E-state index in [9.17, 15) is 4.79 Å². The fourth-order valence-corrected chi connectivity index (χ4v) is 3.03. The summed E-state index contributed by atoms with van der Waals surface area (Å²) in [5.74, 6) is 0.349. The van der Waals surface area contributed by atoms with E-state index in [0.717, 1.165) is 37.1 Å². The Balaban J connectivity index is 1.41. The SMILES string of the molecule is O=C(NCc1ccc(-n2cncn2)cc1)[C@H]1CCCCn2nnnc21. The number of fused-ring (bicyclic) bond motifs is 1. The molecule has 9 nitrogen and oxygen atoms in total. The molecule has 0 bridgehead atoms. The summed E-state index contributed by atoms with van der Waals surface area (Å²) in [6, 6.07) is 7.83. The molecule has 1 aliphatic heterocycles.